The number of ether oxygens (including phenoxy) is 1. The lowest BCUT2D eigenvalue weighted by Gasteiger charge is -2.06. The van der Waals surface area contributed by atoms with Crippen LogP contribution in [0.2, 0.25) is 0 Å². The predicted molar refractivity (Wildman–Crippen MR) is 65.1 cm³/mol. The van der Waals surface area contributed by atoms with Crippen LogP contribution < -0.4 is 16.2 Å². The number of hydrogen-bond donors (Lipinski definition) is 2. The van der Waals surface area contributed by atoms with Crippen LogP contribution in [0.25, 0.3) is 0 Å². The molecule has 1 aromatic heterocycles. The Bertz CT molecular complexity index is 484. The lowest BCUT2D eigenvalue weighted by atomic mass is 10.1. The predicted octanol–water partition coefficient (Wildman–Crippen LogP) is 1.10. The summed E-state index contributed by atoms with van der Waals surface area (Å²) in [5.74, 6) is 0.682. The summed E-state index contributed by atoms with van der Waals surface area (Å²) in [6.45, 7) is 0.991. The summed E-state index contributed by atoms with van der Waals surface area (Å²) in [6.07, 6.45) is 1.56. The molecule has 0 aliphatic heterocycles. The van der Waals surface area contributed by atoms with E-state index in [1.807, 2.05) is 24.3 Å². The summed E-state index contributed by atoms with van der Waals surface area (Å²) in [6, 6.07) is 9.59. The summed E-state index contributed by atoms with van der Waals surface area (Å²) in [4.78, 5) is 7.74. The minimum atomic E-state index is 0.209. The van der Waals surface area contributed by atoms with Crippen LogP contribution in [0.5, 0.6) is 5.88 Å². The summed E-state index contributed by atoms with van der Waals surface area (Å²) < 4.78 is 5.48. The quantitative estimate of drug-likeness (QED) is 0.821. The van der Waals surface area contributed by atoms with Crippen molar-refractivity contribution in [2.24, 2.45) is 5.73 Å². The average Bonchev–Trinajstić information content (AvgIpc) is 2.37. The van der Waals surface area contributed by atoms with Gasteiger partial charge in [-0.1, -0.05) is 24.3 Å². The molecule has 1 aromatic carbocycles. The number of hydrogen-bond acceptors (Lipinski definition) is 5. The van der Waals surface area contributed by atoms with Crippen molar-refractivity contribution < 1.29 is 4.74 Å². The molecule has 2 rings (SSSR count). The first-order valence-corrected chi connectivity index (χ1v) is 5.27. The fourth-order valence-electron chi connectivity index (χ4n) is 1.37. The van der Waals surface area contributed by atoms with Crippen molar-refractivity contribution in [2.45, 2.75) is 13.2 Å². The Kier molecular flexibility index (Phi) is 3.52. The summed E-state index contributed by atoms with van der Waals surface area (Å²) in [7, 11) is 0. The van der Waals surface area contributed by atoms with Crippen molar-refractivity contribution in [3.63, 3.8) is 0 Å². The van der Waals surface area contributed by atoms with Gasteiger partial charge in [0, 0.05) is 18.8 Å². The highest BCUT2D eigenvalue weighted by molar-refractivity contribution is 5.23. The van der Waals surface area contributed by atoms with Gasteiger partial charge in [-0.2, -0.15) is 4.98 Å². The Hall–Kier alpha value is -2.14. The van der Waals surface area contributed by atoms with Crippen molar-refractivity contribution in [2.75, 3.05) is 5.73 Å². The first-order chi connectivity index (χ1) is 8.28. The molecule has 0 fully saturated rings. The third kappa shape index (κ3) is 3.15. The summed E-state index contributed by atoms with van der Waals surface area (Å²) >= 11 is 0. The Morgan fingerprint density at radius 3 is 2.41 bits per heavy atom. The van der Waals surface area contributed by atoms with Crippen molar-refractivity contribution in [3.05, 3.63) is 47.7 Å². The number of nitrogens with zero attached hydrogens (tertiary/aromatic N) is 2. The van der Waals surface area contributed by atoms with Gasteiger partial charge in [-0.05, 0) is 11.1 Å². The Balaban J connectivity index is 1.97. The fourth-order valence-corrected chi connectivity index (χ4v) is 1.37. The van der Waals surface area contributed by atoms with Gasteiger partial charge in [0.25, 0.3) is 0 Å². The molecule has 0 radical (unpaired) electrons. The normalized spacial score (nSPS) is 10.2. The van der Waals surface area contributed by atoms with Crippen LogP contribution in [0, 0.1) is 0 Å². The van der Waals surface area contributed by atoms with E-state index < -0.39 is 0 Å². The van der Waals surface area contributed by atoms with Gasteiger partial charge >= 0.3 is 0 Å². The van der Waals surface area contributed by atoms with Crippen LogP contribution >= 0.6 is 0 Å². The highest BCUT2D eigenvalue weighted by atomic mass is 16.5. The van der Waals surface area contributed by atoms with E-state index in [1.165, 1.54) is 0 Å². The van der Waals surface area contributed by atoms with Gasteiger partial charge in [0.15, 0.2) is 0 Å². The minimum absolute atomic E-state index is 0.209. The van der Waals surface area contributed by atoms with Crippen LogP contribution in [0.1, 0.15) is 11.1 Å². The van der Waals surface area contributed by atoms with E-state index in [9.17, 15) is 0 Å². The molecule has 0 atom stereocenters. The maximum atomic E-state index is 5.52. The molecule has 2 aromatic rings. The molecule has 5 heteroatoms. The van der Waals surface area contributed by atoms with Crippen LogP contribution in [0.15, 0.2) is 36.5 Å². The second kappa shape index (κ2) is 5.27. The third-order valence-corrected chi connectivity index (χ3v) is 2.29. The summed E-state index contributed by atoms with van der Waals surface area (Å²) in [5.41, 5.74) is 13.1. The molecule has 0 aliphatic rings. The summed E-state index contributed by atoms with van der Waals surface area (Å²) in [5, 5.41) is 0. The molecular formula is C12H14N4O. The van der Waals surface area contributed by atoms with E-state index in [4.69, 9.17) is 16.2 Å². The molecular weight excluding hydrogens is 216 g/mol. The van der Waals surface area contributed by atoms with Gasteiger partial charge in [-0.15, -0.1) is 0 Å². The third-order valence-electron chi connectivity index (χ3n) is 2.29. The van der Waals surface area contributed by atoms with Crippen molar-refractivity contribution in [1.29, 1.82) is 0 Å². The van der Waals surface area contributed by atoms with E-state index >= 15 is 0 Å². The number of rotatable bonds is 4. The highest BCUT2D eigenvalue weighted by Crippen LogP contribution is 2.10. The molecule has 0 bridgehead atoms. The molecule has 0 spiro atoms. The topological polar surface area (TPSA) is 87.0 Å². The van der Waals surface area contributed by atoms with Crippen molar-refractivity contribution in [3.8, 4) is 5.88 Å². The lowest BCUT2D eigenvalue weighted by molar-refractivity contribution is 0.294. The van der Waals surface area contributed by atoms with Gasteiger partial charge in [0.2, 0.25) is 11.8 Å². The lowest BCUT2D eigenvalue weighted by Crippen LogP contribution is -2.01. The van der Waals surface area contributed by atoms with E-state index in [-0.39, 0.29) is 5.95 Å². The second-order valence-corrected chi connectivity index (χ2v) is 3.56. The number of nitrogens with two attached hydrogens (primary N) is 2. The zero-order chi connectivity index (χ0) is 12.1. The number of benzene rings is 1. The average molecular weight is 230 g/mol. The fraction of sp³-hybridized carbons (Fsp3) is 0.167. The Labute approximate surface area is 99.5 Å². The molecule has 17 heavy (non-hydrogen) atoms. The molecule has 0 amide bonds. The molecule has 0 saturated heterocycles. The Morgan fingerprint density at radius 2 is 1.76 bits per heavy atom. The molecule has 0 unspecified atom stereocenters. The standard InChI is InChI=1S/C12H14N4O/c13-7-9-1-3-10(4-2-9)8-17-11-5-6-15-12(14)16-11/h1-6H,7-8,13H2,(H2,14,15,16). The van der Waals surface area contributed by atoms with E-state index in [1.54, 1.807) is 12.3 Å². The van der Waals surface area contributed by atoms with Gasteiger partial charge in [0.1, 0.15) is 6.61 Å². The van der Waals surface area contributed by atoms with Crippen molar-refractivity contribution >= 4 is 5.95 Å². The van der Waals surface area contributed by atoms with E-state index in [0.717, 1.165) is 11.1 Å². The van der Waals surface area contributed by atoms with Crippen LogP contribution in [-0.2, 0) is 13.2 Å². The zero-order valence-electron chi connectivity index (χ0n) is 9.34. The van der Waals surface area contributed by atoms with E-state index in [2.05, 4.69) is 9.97 Å². The molecule has 0 saturated carbocycles. The molecule has 88 valence electrons. The van der Waals surface area contributed by atoms with Crippen LogP contribution in [0.4, 0.5) is 5.95 Å². The number of nitrogen functional groups attached to an aromatic ring is 1. The Morgan fingerprint density at radius 1 is 1.06 bits per heavy atom. The highest BCUT2D eigenvalue weighted by Gasteiger charge is 1.98. The molecule has 0 aliphatic carbocycles. The van der Waals surface area contributed by atoms with E-state index in [0.29, 0.717) is 19.0 Å². The number of aromatic nitrogens is 2. The van der Waals surface area contributed by atoms with Gasteiger partial charge in [-0.25, -0.2) is 4.98 Å². The maximum absolute atomic E-state index is 5.52. The zero-order valence-corrected chi connectivity index (χ0v) is 9.34. The largest absolute Gasteiger partial charge is 0.473 e. The SMILES string of the molecule is NCc1ccc(COc2ccnc(N)n2)cc1. The first kappa shape index (κ1) is 11.3. The van der Waals surface area contributed by atoms with Crippen molar-refractivity contribution in [1.82, 2.24) is 9.97 Å². The number of anilines is 1. The van der Waals surface area contributed by atoms with Crippen LogP contribution in [0.3, 0.4) is 0 Å². The maximum Gasteiger partial charge on any atom is 0.223 e. The van der Waals surface area contributed by atoms with Gasteiger partial charge in [0.05, 0.1) is 0 Å². The molecule has 4 N–H and O–H groups in total. The monoisotopic (exact) mass is 230 g/mol. The van der Waals surface area contributed by atoms with Crippen LogP contribution in [-0.4, -0.2) is 9.97 Å². The van der Waals surface area contributed by atoms with Gasteiger partial charge < -0.3 is 16.2 Å². The first-order valence-electron chi connectivity index (χ1n) is 5.27. The van der Waals surface area contributed by atoms with Gasteiger partial charge in [-0.3, -0.25) is 0 Å². The minimum Gasteiger partial charge on any atom is -0.473 e. The second-order valence-electron chi connectivity index (χ2n) is 3.56. The molecule has 1 heterocycles. The smallest absolute Gasteiger partial charge is 0.223 e. The molecule has 5 nitrogen and oxygen atoms in total.